The number of nitrogens with one attached hydrogen (secondary N) is 1. The summed E-state index contributed by atoms with van der Waals surface area (Å²) in [6.45, 7) is 1.89. The Kier molecular flexibility index (Phi) is 3.46. The van der Waals surface area contributed by atoms with Crippen LogP contribution in [0.5, 0.6) is 0 Å². The van der Waals surface area contributed by atoms with Crippen molar-refractivity contribution in [1.82, 2.24) is 15.3 Å². The molecule has 1 amide bonds. The molecule has 2 unspecified atom stereocenters. The number of hydrogen-bond donors (Lipinski definition) is 2. The van der Waals surface area contributed by atoms with Crippen LogP contribution in [-0.2, 0) is 6.42 Å². The highest BCUT2D eigenvalue weighted by Crippen LogP contribution is 2.55. The molecule has 0 aromatic carbocycles. The second-order valence-corrected chi connectivity index (χ2v) is 9.12. The quantitative estimate of drug-likeness (QED) is 0.882. The van der Waals surface area contributed by atoms with Gasteiger partial charge in [0.2, 0.25) is 0 Å². The minimum absolute atomic E-state index is 0.0138. The van der Waals surface area contributed by atoms with E-state index in [0.717, 1.165) is 50.0 Å². The Balaban J connectivity index is 1.36. The number of rotatable bonds is 4. The molecule has 2 N–H and O–H groups in total. The van der Waals surface area contributed by atoms with Gasteiger partial charge in [0.05, 0.1) is 16.9 Å². The number of hydrogen-bond acceptors (Lipinski definition) is 4. The average molecular weight is 341 g/mol. The van der Waals surface area contributed by atoms with Crippen LogP contribution in [0.1, 0.15) is 66.8 Å². The van der Waals surface area contributed by atoms with Gasteiger partial charge < -0.3 is 10.4 Å². The summed E-state index contributed by atoms with van der Waals surface area (Å²) in [7, 11) is 0. The number of carbonyl (C=O) groups excluding carboxylic acids is 1. The maximum atomic E-state index is 13.0. The molecule has 5 saturated carbocycles. The van der Waals surface area contributed by atoms with Gasteiger partial charge in [0.25, 0.3) is 5.91 Å². The number of aliphatic hydroxyl groups is 1. The van der Waals surface area contributed by atoms with Crippen LogP contribution in [0.4, 0.5) is 0 Å². The lowest BCUT2D eigenvalue weighted by molar-refractivity contribution is -0.136. The molecular weight excluding hydrogens is 314 g/mol. The summed E-state index contributed by atoms with van der Waals surface area (Å²) in [5.74, 6) is 2.93. The Hall–Kier alpha value is -1.49. The second-order valence-electron chi connectivity index (χ2n) is 9.12. The molecule has 5 aliphatic rings. The standard InChI is InChI=1S/C20H27N3O2/c1-11-21-10-16(17(22-11)6-12-2-3-12)19(24)23-18-14-4-13-5-15(18)9-20(25,7-13)8-14/h10,12-15,18,25H,2-9H2,1H3,(H,23,24)/t13?,14?,15?,18-,20+. The summed E-state index contributed by atoms with van der Waals surface area (Å²) in [5.41, 5.74) is 1.11. The van der Waals surface area contributed by atoms with Gasteiger partial charge >= 0.3 is 0 Å². The van der Waals surface area contributed by atoms with Crippen molar-refractivity contribution in [3.05, 3.63) is 23.3 Å². The van der Waals surface area contributed by atoms with E-state index >= 15 is 0 Å². The third-order valence-electron chi connectivity index (χ3n) is 6.95. The average Bonchev–Trinajstić information content (AvgIpc) is 3.33. The Morgan fingerprint density at radius 1 is 1.28 bits per heavy atom. The van der Waals surface area contributed by atoms with E-state index in [0.29, 0.717) is 29.2 Å². The SMILES string of the molecule is Cc1ncc(C(=O)N[C@H]2C3CC4CC2C[C@@](O)(C4)C3)c(CC2CC2)n1. The van der Waals surface area contributed by atoms with E-state index in [9.17, 15) is 9.90 Å². The molecule has 5 nitrogen and oxygen atoms in total. The highest BCUT2D eigenvalue weighted by molar-refractivity contribution is 5.95. The van der Waals surface area contributed by atoms with Crippen molar-refractivity contribution in [2.75, 3.05) is 0 Å². The summed E-state index contributed by atoms with van der Waals surface area (Å²) in [6.07, 6.45) is 10.1. The van der Waals surface area contributed by atoms with Crippen molar-refractivity contribution in [3.63, 3.8) is 0 Å². The lowest BCUT2D eigenvalue weighted by Gasteiger charge is -2.58. The molecule has 4 bridgehead atoms. The molecule has 1 heterocycles. The first kappa shape index (κ1) is 15.7. The molecular formula is C20H27N3O2. The molecule has 1 aromatic rings. The van der Waals surface area contributed by atoms with Crippen LogP contribution < -0.4 is 5.32 Å². The lowest BCUT2D eigenvalue weighted by Crippen LogP contribution is -2.61. The van der Waals surface area contributed by atoms with E-state index in [1.807, 2.05) is 6.92 Å². The van der Waals surface area contributed by atoms with Crippen LogP contribution in [0, 0.1) is 30.6 Å². The predicted molar refractivity (Wildman–Crippen MR) is 93.0 cm³/mol. The van der Waals surface area contributed by atoms with E-state index < -0.39 is 5.60 Å². The molecule has 134 valence electrons. The van der Waals surface area contributed by atoms with Gasteiger partial charge in [0, 0.05) is 12.2 Å². The largest absolute Gasteiger partial charge is 0.390 e. The Bertz CT molecular complexity index is 699. The third-order valence-corrected chi connectivity index (χ3v) is 6.95. The van der Waals surface area contributed by atoms with Gasteiger partial charge in [-0.05, 0) is 82.0 Å². The van der Waals surface area contributed by atoms with Gasteiger partial charge in [-0.1, -0.05) is 0 Å². The maximum Gasteiger partial charge on any atom is 0.254 e. The fraction of sp³-hybridized carbons (Fsp3) is 0.750. The van der Waals surface area contributed by atoms with Crippen LogP contribution in [0.15, 0.2) is 6.20 Å². The van der Waals surface area contributed by atoms with Gasteiger partial charge in [0.1, 0.15) is 5.82 Å². The van der Waals surface area contributed by atoms with E-state index in [4.69, 9.17) is 0 Å². The van der Waals surface area contributed by atoms with E-state index in [1.165, 1.54) is 12.8 Å². The van der Waals surface area contributed by atoms with E-state index in [1.54, 1.807) is 6.20 Å². The summed E-state index contributed by atoms with van der Waals surface area (Å²) >= 11 is 0. The first-order valence-corrected chi connectivity index (χ1v) is 9.85. The van der Waals surface area contributed by atoms with E-state index in [-0.39, 0.29) is 11.9 Å². The minimum Gasteiger partial charge on any atom is -0.390 e. The highest BCUT2D eigenvalue weighted by Gasteiger charge is 2.55. The van der Waals surface area contributed by atoms with Crippen molar-refractivity contribution >= 4 is 5.91 Å². The van der Waals surface area contributed by atoms with Crippen molar-refractivity contribution in [2.45, 2.75) is 69.9 Å². The number of amides is 1. The zero-order valence-corrected chi connectivity index (χ0v) is 14.9. The summed E-state index contributed by atoms with van der Waals surface area (Å²) in [5, 5.41) is 14.0. The Morgan fingerprint density at radius 2 is 2.00 bits per heavy atom. The third kappa shape index (κ3) is 2.86. The summed E-state index contributed by atoms with van der Waals surface area (Å²) < 4.78 is 0. The van der Waals surface area contributed by atoms with Gasteiger partial charge in [-0.3, -0.25) is 4.79 Å². The number of nitrogens with zero attached hydrogens (tertiary/aromatic N) is 2. The van der Waals surface area contributed by atoms with Crippen molar-refractivity contribution in [2.24, 2.45) is 23.7 Å². The monoisotopic (exact) mass is 341 g/mol. The van der Waals surface area contributed by atoms with Crippen LogP contribution in [0.3, 0.4) is 0 Å². The summed E-state index contributed by atoms with van der Waals surface area (Å²) in [6, 6.07) is 0.208. The van der Waals surface area contributed by atoms with Crippen molar-refractivity contribution < 1.29 is 9.90 Å². The van der Waals surface area contributed by atoms with Crippen LogP contribution >= 0.6 is 0 Å². The molecule has 2 atom stereocenters. The molecule has 5 fully saturated rings. The molecule has 0 radical (unpaired) electrons. The molecule has 25 heavy (non-hydrogen) atoms. The maximum absolute atomic E-state index is 13.0. The van der Waals surface area contributed by atoms with Crippen molar-refractivity contribution in [3.8, 4) is 0 Å². The Morgan fingerprint density at radius 3 is 2.64 bits per heavy atom. The highest BCUT2D eigenvalue weighted by atomic mass is 16.3. The molecule has 0 saturated heterocycles. The fourth-order valence-corrected chi connectivity index (χ4v) is 5.90. The second kappa shape index (κ2) is 5.50. The molecule has 0 aliphatic heterocycles. The molecule has 1 aromatic heterocycles. The number of aromatic nitrogens is 2. The zero-order chi connectivity index (χ0) is 17.2. The van der Waals surface area contributed by atoms with Crippen LogP contribution in [0.2, 0.25) is 0 Å². The first-order chi connectivity index (χ1) is 12.0. The normalized spacial score (nSPS) is 38.8. The van der Waals surface area contributed by atoms with Crippen LogP contribution in [-0.4, -0.2) is 32.6 Å². The molecule has 6 rings (SSSR count). The van der Waals surface area contributed by atoms with Gasteiger partial charge in [-0.25, -0.2) is 9.97 Å². The smallest absolute Gasteiger partial charge is 0.254 e. The van der Waals surface area contributed by atoms with E-state index in [2.05, 4.69) is 15.3 Å². The Labute approximate surface area is 148 Å². The van der Waals surface area contributed by atoms with Gasteiger partial charge in [-0.2, -0.15) is 0 Å². The van der Waals surface area contributed by atoms with Gasteiger partial charge in [0.15, 0.2) is 0 Å². The number of carbonyl (C=O) groups is 1. The molecule has 0 spiro atoms. The zero-order valence-electron chi connectivity index (χ0n) is 14.9. The fourth-order valence-electron chi connectivity index (χ4n) is 5.90. The number of aryl methyl sites for hydroxylation is 1. The topological polar surface area (TPSA) is 75.1 Å². The van der Waals surface area contributed by atoms with Crippen molar-refractivity contribution in [1.29, 1.82) is 0 Å². The van der Waals surface area contributed by atoms with Crippen LogP contribution in [0.25, 0.3) is 0 Å². The lowest BCUT2D eigenvalue weighted by atomic mass is 9.52. The summed E-state index contributed by atoms with van der Waals surface area (Å²) in [4.78, 5) is 21.8. The molecule has 5 aliphatic carbocycles. The molecule has 5 heteroatoms. The van der Waals surface area contributed by atoms with Gasteiger partial charge in [-0.15, -0.1) is 0 Å². The predicted octanol–water partition coefficient (Wildman–Crippen LogP) is 2.41. The minimum atomic E-state index is -0.457. The first-order valence-electron chi connectivity index (χ1n) is 9.85.